The Bertz CT molecular complexity index is 101. The van der Waals surface area contributed by atoms with Crippen LogP contribution in [0.15, 0.2) is 0 Å². The second kappa shape index (κ2) is 5.32. The Labute approximate surface area is 72.1 Å². The van der Waals surface area contributed by atoms with E-state index in [-0.39, 0.29) is 0 Å². The Morgan fingerprint density at radius 2 is 2.44 bits per heavy atom. The van der Waals surface area contributed by atoms with Crippen molar-refractivity contribution in [2.75, 3.05) is 5.75 Å². The molecule has 0 saturated heterocycles. The van der Waals surface area contributed by atoms with E-state index < -0.39 is 12.0 Å². The summed E-state index contributed by atoms with van der Waals surface area (Å²) >= 11 is 5.58. The minimum absolute atomic E-state index is 0.396. The van der Waals surface area contributed by atoms with E-state index in [4.69, 9.17) is 5.73 Å². The Kier molecular flexibility index (Phi) is 5.62. The van der Waals surface area contributed by atoms with Crippen molar-refractivity contribution in [3.8, 4) is 0 Å². The van der Waals surface area contributed by atoms with Gasteiger partial charge in [-0.2, -0.15) is 0 Å². The van der Waals surface area contributed by atoms with E-state index in [0.717, 1.165) is 0 Å². The summed E-state index contributed by atoms with van der Waals surface area (Å²) in [6, 6.07) is -0.521. The normalized spacial score (nSPS) is 12.9. The maximum absolute atomic E-state index is 10.5. The van der Waals surface area contributed by atoms with Gasteiger partial charge in [0.25, 0.3) is 0 Å². The van der Waals surface area contributed by atoms with E-state index in [2.05, 4.69) is 15.9 Å². The fourth-order valence-electron chi connectivity index (χ4n) is 0.303. The van der Waals surface area contributed by atoms with Crippen molar-refractivity contribution in [3.63, 3.8) is 0 Å². The molecule has 0 heterocycles. The van der Waals surface area contributed by atoms with E-state index in [1.165, 1.54) is 0 Å². The van der Waals surface area contributed by atoms with E-state index in [9.17, 15) is 4.79 Å². The summed E-state index contributed by atoms with van der Waals surface area (Å²) < 4.78 is 4.31. The third kappa shape index (κ3) is 4.00. The zero-order valence-corrected chi connectivity index (χ0v) is 7.70. The molecule has 0 amide bonds. The first-order valence-corrected chi connectivity index (χ1v) is 3.89. The molecule has 0 unspecified atom stereocenters. The molecule has 0 aliphatic carbocycles. The third-order valence-corrected chi connectivity index (χ3v) is 1.50. The molecule has 0 aromatic rings. The van der Waals surface area contributed by atoms with Crippen LogP contribution in [0.4, 0.5) is 0 Å². The zero-order valence-electron chi connectivity index (χ0n) is 4.63. The van der Waals surface area contributed by atoms with Crippen molar-refractivity contribution in [1.29, 1.82) is 0 Å². The van der Waals surface area contributed by atoms with E-state index >= 15 is 0 Å². The van der Waals surface area contributed by atoms with Gasteiger partial charge in [0.15, 0.2) is 0 Å². The molecule has 3 nitrogen and oxygen atoms in total. The van der Waals surface area contributed by atoms with Gasteiger partial charge in [0.1, 0.15) is 0 Å². The standard InChI is InChI=1S/C4H9NO2S.Au/c5-3(1-2-8)4(6)7;/h3,8H,1-2,5H2,(H,6,7);/q;+1/p-1/t3-;/m0./s1. The van der Waals surface area contributed by atoms with Crippen LogP contribution in [-0.4, -0.2) is 17.8 Å². The van der Waals surface area contributed by atoms with Gasteiger partial charge in [0, 0.05) is 0 Å². The van der Waals surface area contributed by atoms with Crippen LogP contribution in [0.1, 0.15) is 6.42 Å². The van der Waals surface area contributed by atoms with Gasteiger partial charge in [-0.3, -0.25) is 0 Å². The summed E-state index contributed by atoms with van der Waals surface area (Å²) in [5.41, 5.74) is 5.31. The zero-order chi connectivity index (χ0) is 7.28. The predicted octanol–water partition coefficient (Wildman–Crippen LogP) is -0.361. The first-order chi connectivity index (χ1) is 4.22. The van der Waals surface area contributed by atoms with E-state index in [0.29, 0.717) is 12.2 Å². The molecule has 5 heteroatoms. The van der Waals surface area contributed by atoms with E-state index in [1.54, 1.807) is 21.5 Å². The van der Waals surface area contributed by atoms with Gasteiger partial charge in [-0.15, -0.1) is 0 Å². The summed E-state index contributed by atoms with van der Waals surface area (Å²) in [4.78, 5) is 10.5. The van der Waals surface area contributed by atoms with Gasteiger partial charge in [-0.1, -0.05) is 0 Å². The van der Waals surface area contributed by atoms with Crippen LogP contribution in [0.2, 0.25) is 0 Å². The van der Waals surface area contributed by atoms with Crippen LogP contribution in [0.25, 0.3) is 0 Å². The second-order valence-electron chi connectivity index (χ2n) is 1.50. The van der Waals surface area contributed by atoms with Crippen molar-refractivity contribution in [3.05, 3.63) is 0 Å². The van der Waals surface area contributed by atoms with Crippen molar-refractivity contribution < 1.29 is 29.5 Å². The molecule has 0 radical (unpaired) electrons. The van der Waals surface area contributed by atoms with Gasteiger partial charge in [-0.25, -0.2) is 0 Å². The molecule has 0 aromatic carbocycles. The van der Waals surface area contributed by atoms with Crippen LogP contribution in [-0.2, 0) is 29.5 Å². The summed E-state index contributed by atoms with van der Waals surface area (Å²) in [5.74, 6) is 0.205. The molecular weight excluding hydrogens is 323 g/mol. The first-order valence-electron chi connectivity index (χ1n) is 2.38. The Balaban J connectivity index is 3.45. The SMILES string of the molecule is N[C@@H](CCS)C(=O)[O][Au]. The molecule has 58 valence electrons. The maximum atomic E-state index is 10.5. The van der Waals surface area contributed by atoms with Gasteiger partial charge in [0.05, 0.1) is 0 Å². The van der Waals surface area contributed by atoms with Crippen LogP contribution in [0, 0.1) is 0 Å². The van der Waals surface area contributed by atoms with E-state index in [1.807, 2.05) is 0 Å². The van der Waals surface area contributed by atoms with Gasteiger partial charge < -0.3 is 0 Å². The molecule has 0 aliphatic rings. The topological polar surface area (TPSA) is 52.3 Å². The average Bonchev–Trinajstić information content (AvgIpc) is 1.87. The molecule has 0 fully saturated rings. The number of carbonyl (C=O) groups excluding carboxylic acids is 1. The average molecular weight is 331 g/mol. The Morgan fingerprint density at radius 3 is 2.78 bits per heavy atom. The molecule has 1 atom stereocenters. The van der Waals surface area contributed by atoms with Crippen LogP contribution < -0.4 is 5.73 Å². The molecule has 0 saturated carbocycles. The quantitative estimate of drug-likeness (QED) is 0.549. The molecule has 0 rings (SSSR count). The van der Waals surface area contributed by atoms with Gasteiger partial charge in [0.2, 0.25) is 0 Å². The van der Waals surface area contributed by atoms with Crippen LogP contribution in [0.3, 0.4) is 0 Å². The molecule has 0 aliphatic heterocycles. The summed E-state index contributed by atoms with van der Waals surface area (Å²) in [6.45, 7) is 0. The second-order valence-corrected chi connectivity index (χ2v) is 2.39. The van der Waals surface area contributed by atoms with Crippen molar-refractivity contribution >= 4 is 18.6 Å². The fraction of sp³-hybridized carbons (Fsp3) is 0.750. The number of thiol groups is 1. The summed E-state index contributed by atoms with van der Waals surface area (Å²) in [5, 5.41) is 0. The summed E-state index contributed by atoms with van der Waals surface area (Å²) in [7, 11) is 0. The molecule has 0 bridgehead atoms. The molecule has 9 heavy (non-hydrogen) atoms. The number of hydrogen-bond acceptors (Lipinski definition) is 4. The monoisotopic (exact) mass is 331 g/mol. The molecule has 2 N–H and O–H groups in total. The molecule has 0 spiro atoms. The van der Waals surface area contributed by atoms with Crippen molar-refractivity contribution in [2.45, 2.75) is 12.5 Å². The number of hydrogen-bond donors (Lipinski definition) is 2. The summed E-state index contributed by atoms with van der Waals surface area (Å²) in [6.07, 6.45) is 0.556. The fourth-order valence-corrected chi connectivity index (χ4v) is 0.909. The van der Waals surface area contributed by atoms with Crippen molar-refractivity contribution in [2.24, 2.45) is 5.73 Å². The molecule has 0 aromatic heterocycles. The minimum atomic E-state index is -0.521. The van der Waals surface area contributed by atoms with Crippen LogP contribution >= 0.6 is 12.6 Å². The van der Waals surface area contributed by atoms with Gasteiger partial charge >= 0.3 is 72.1 Å². The number of carbonyl (C=O) groups is 1. The Hall–Kier alpha value is 0.520. The number of rotatable bonds is 3. The Morgan fingerprint density at radius 1 is 1.89 bits per heavy atom. The third-order valence-electron chi connectivity index (χ3n) is 0.804. The first kappa shape index (κ1) is 9.52. The van der Waals surface area contributed by atoms with Crippen LogP contribution in [0.5, 0.6) is 0 Å². The molecular formula is C4H8AuNO2S. The predicted molar refractivity (Wildman–Crippen MR) is 32.5 cm³/mol. The number of nitrogens with two attached hydrogens (primary N) is 1. The van der Waals surface area contributed by atoms with Crippen molar-refractivity contribution in [1.82, 2.24) is 0 Å². The van der Waals surface area contributed by atoms with Gasteiger partial charge in [-0.05, 0) is 0 Å².